The predicted octanol–water partition coefficient (Wildman–Crippen LogP) is 1.85. The maximum Gasteiger partial charge on any atom is 0.311 e. The van der Waals surface area contributed by atoms with Crippen molar-refractivity contribution in [2.75, 3.05) is 7.11 Å². The maximum absolute atomic E-state index is 10.9. The molecule has 0 aromatic heterocycles. The second-order valence-corrected chi connectivity index (χ2v) is 4.63. The van der Waals surface area contributed by atoms with Gasteiger partial charge in [-0.05, 0) is 31.9 Å². The number of methoxy groups -OCH3 is 1. The molecule has 0 heterocycles. The van der Waals surface area contributed by atoms with Crippen molar-refractivity contribution in [3.63, 3.8) is 0 Å². The summed E-state index contributed by atoms with van der Waals surface area (Å²) in [5.74, 6) is 0.255. The van der Waals surface area contributed by atoms with Crippen molar-refractivity contribution in [2.24, 2.45) is 0 Å². The van der Waals surface area contributed by atoms with Gasteiger partial charge in [0.2, 0.25) is 0 Å². The van der Waals surface area contributed by atoms with E-state index < -0.39 is 4.92 Å². The van der Waals surface area contributed by atoms with Gasteiger partial charge in [0.25, 0.3) is 0 Å². The molecule has 0 radical (unpaired) electrons. The molecule has 19 heavy (non-hydrogen) atoms. The van der Waals surface area contributed by atoms with Gasteiger partial charge in [-0.25, -0.2) is 0 Å². The van der Waals surface area contributed by atoms with Gasteiger partial charge < -0.3 is 15.2 Å². The minimum Gasteiger partial charge on any atom is -0.490 e. The summed E-state index contributed by atoms with van der Waals surface area (Å²) < 4.78 is 4.94. The molecule has 0 aliphatic heterocycles. The SMILES string of the molecule is COc1ccc(CNC(C)CC(C)O)cc1[N+](=O)[O-]. The number of nitrogens with zero attached hydrogens (tertiary/aromatic N) is 1. The van der Waals surface area contributed by atoms with Gasteiger partial charge in [0.1, 0.15) is 0 Å². The van der Waals surface area contributed by atoms with Crippen LogP contribution in [0.4, 0.5) is 5.69 Å². The van der Waals surface area contributed by atoms with Gasteiger partial charge in [-0.3, -0.25) is 10.1 Å². The van der Waals surface area contributed by atoms with Crippen LogP contribution in [0.15, 0.2) is 18.2 Å². The van der Waals surface area contributed by atoms with Crippen LogP contribution in [0.2, 0.25) is 0 Å². The van der Waals surface area contributed by atoms with E-state index >= 15 is 0 Å². The van der Waals surface area contributed by atoms with Crippen molar-refractivity contribution >= 4 is 5.69 Å². The molecule has 2 unspecified atom stereocenters. The Morgan fingerprint density at radius 2 is 2.16 bits per heavy atom. The van der Waals surface area contributed by atoms with Crippen molar-refractivity contribution in [1.82, 2.24) is 5.32 Å². The molecule has 0 spiro atoms. The zero-order valence-electron chi connectivity index (χ0n) is 11.4. The van der Waals surface area contributed by atoms with Crippen LogP contribution in [-0.4, -0.2) is 29.3 Å². The van der Waals surface area contributed by atoms with Crippen molar-refractivity contribution in [3.05, 3.63) is 33.9 Å². The fourth-order valence-electron chi connectivity index (χ4n) is 1.88. The molecular weight excluding hydrogens is 248 g/mol. The summed E-state index contributed by atoms with van der Waals surface area (Å²) in [6.45, 7) is 4.21. The summed E-state index contributed by atoms with van der Waals surface area (Å²) in [6.07, 6.45) is 0.269. The van der Waals surface area contributed by atoms with Crippen LogP contribution in [0, 0.1) is 10.1 Å². The van der Waals surface area contributed by atoms with Gasteiger partial charge in [0.15, 0.2) is 5.75 Å². The third kappa shape index (κ3) is 4.84. The molecule has 0 saturated carbocycles. The molecule has 0 fully saturated rings. The van der Waals surface area contributed by atoms with Crippen LogP contribution in [0.1, 0.15) is 25.8 Å². The van der Waals surface area contributed by atoms with E-state index in [9.17, 15) is 15.2 Å². The quantitative estimate of drug-likeness (QED) is 0.582. The minimum atomic E-state index is -0.457. The molecule has 0 aliphatic rings. The Morgan fingerprint density at radius 3 is 2.68 bits per heavy atom. The van der Waals surface area contributed by atoms with Crippen molar-refractivity contribution < 1.29 is 14.8 Å². The average Bonchev–Trinajstić information content (AvgIpc) is 2.35. The van der Waals surface area contributed by atoms with Crippen LogP contribution in [0.3, 0.4) is 0 Å². The summed E-state index contributed by atoms with van der Waals surface area (Å²) in [5.41, 5.74) is 0.773. The van der Waals surface area contributed by atoms with Crippen LogP contribution in [0.25, 0.3) is 0 Å². The first kappa shape index (κ1) is 15.4. The average molecular weight is 268 g/mol. The van der Waals surface area contributed by atoms with Crippen LogP contribution < -0.4 is 10.1 Å². The van der Waals surface area contributed by atoms with E-state index in [0.29, 0.717) is 13.0 Å². The Labute approximate surface area is 112 Å². The number of hydrogen-bond acceptors (Lipinski definition) is 5. The summed E-state index contributed by atoms with van der Waals surface area (Å²) in [6, 6.07) is 5.02. The number of aliphatic hydroxyl groups is 1. The first-order valence-electron chi connectivity index (χ1n) is 6.16. The molecule has 6 nitrogen and oxygen atoms in total. The number of aliphatic hydroxyl groups excluding tert-OH is 1. The Hall–Kier alpha value is -1.66. The second kappa shape index (κ2) is 7.06. The van der Waals surface area contributed by atoms with Crippen molar-refractivity contribution in [3.8, 4) is 5.75 Å². The van der Waals surface area contributed by atoms with Crippen LogP contribution in [-0.2, 0) is 6.54 Å². The second-order valence-electron chi connectivity index (χ2n) is 4.63. The Kier molecular flexibility index (Phi) is 5.72. The zero-order chi connectivity index (χ0) is 14.4. The number of rotatable bonds is 7. The van der Waals surface area contributed by atoms with E-state index in [0.717, 1.165) is 5.56 Å². The fourth-order valence-corrected chi connectivity index (χ4v) is 1.88. The number of nitro benzene ring substituents is 1. The number of nitrogens with one attached hydrogen (secondary N) is 1. The van der Waals surface area contributed by atoms with Crippen LogP contribution >= 0.6 is 0 Å². The van der Waals surface area contributed by atoms with E-state index in [1.54, 1.807) is 19.1 Å². The highest BCUT2D eigenvalue weighted by atomic mass is 16.6. The van der Waals surface area contributed by atoms with Crippen molar-refractivity contribution in [2.45, 2.75) is 39.0 Å². The summed E-state index contributed by atoms with van der Waals surface area (Å²) in [4.78, 5) is 10.4. The molecule has 1 aromatic carbocycles. The normalized spacial score (nSPS) is 13.9. The molecule has 2 atom stereocenters. The van der Waals surface area contributed by atoms with E-state index in [1.807, 2.05) is 6.92 Å². The number of benzene rings is 1. The predicted molar refractivity (Wildman–Crippen MR) is 72.2 cm³/mol. The Balaban J connectivity index is 2.69. The van der Waals surface area contributed by atoms with Gasteiger partial charge in [0.05, 0.1) is 18.1 Å². The van der Waals surface area contributed by atoms with E-state index in [1.165, 1.54) is 13.2 Å². The topological polar surface area (TPSA) is 84.6 Å². The van der Waals surface area contributed by atoms with Gasteiger partial charge >= 0.3 is 5.69 Å². The summed E-state index contributed by atoms with van der Waals surface area (Å²) >= 11 is 0. The first-order chi connectivity index (χ1) is 8.93. The third-order valence-corrected chi connectivity index (χ3v) is 2.79. The number of hydrogen-bond donors (Lipinski definition) is 2. The minimum absolute atomic E-state index is 0.0371. The summed E-state index contributed by atoms with van der Waals surface area (Å²) in [7, 11) is 1.41. The lowest BCUT2D eigenvalue weighted by atomic mass is 10.1. The third-order valence-electron chi connectivity index (χ3n) is 2.79. The Bertz CT molecular complexity index is 435. The number of nitro groups is 1. The van der Waals surface area contributed by atoms with Gasteiger partial charge in [-0.2, -0.15) is 0 Å². The van der Waals surface area contributed by atoms with Gasteiger partial charge in [0, 0.05) is 18.7 Å². The molecule has 6 heteroatoms. The van der Waals surface area contributed by atoms with Gasteiger partial charge in [-0.1, -0.05) is 6.07 Å². The van der Waals surface area contributed by atoms with E-state index in [4.69, 9.17) is 4.74 Å². The molecule has 2 N–H and O–H groups in total. The molecule has 1 rings (SSSR count). The fraction of sp³-hybridized carbons (Fsp3) is 0.538. The van der Waals surface area contributed by atoms with E-state index in [2.05, 4.69) is 5.32 Å². The highest BCUT2D eigenvalue weighted by molar-refractivity contribution is 5.48. The molecule has 0 aliphatic carbocycles. The summed E-state index contributed by atoms with van der Waals surface area (Å²) in [5, 5.41) is 23.4. The zero-order valence-corrected chi connectivity index (χ0v) is 11.4. The molecular formula is C13H20N2O4. The largest absolute Gasteiger partial charge is 0.490 e. The monoisotopic (exact) mass is 268 g/mol. The lowest BCUT2D eigenvalue weighted by Crippen LogP contribution is -2.28. The molecule has 0 saturated heterocycles. The first-order valence-corrected chi connectivity index (χ1v) is 6.16. The van der Waals surface area contributed by atoms with Crippen LogP contribution in [0.5, 0.6) is 5.75 Å². The molecule has 0 bridgehead atoms. The van der Waals surface area contributed by atoms with Gasteiger partial charge in [-0.15, -0.1) is 0 Å². The lowest BCUT2D eigenvalue weighted by Gasteiger charge is -2.15. The smallest absolute Gasteiger partial charge is 0.311 e. The Morgan fingerprint density at radius 1 is 1.47 bits per heavy atom. The molecule has 1 aromatic rings. The maximum atomic E-state index is 10.9. The highest BCUT2D eigenvalue weighted by Gasteiger charge is 2.15. The highest BCUT2D eigenvalue weighted by Crippen LogP contribution is 2.27. The lowest BCUT2D eigenvalue weighted by molar-refractivity contribution is -0.385. The molecule has 0 amide bonds. The van der Waals surface area contributed by atoms with Crippen molar-refractivity contribution in [1.29, 1.82) is 0 Å². The number of ether oxygens (including phenoxy) is 1. The van der Waals surface area contributed by atoms with E-state index in [-0.39, 0.29) is 23.6 Å². The standard InChI is InChI=1S/C13H20N2O4/c1-9(6-10(2)16)14-8-11-4-5-13(19-3)12(7-11)15(17)18/h4-5,7,9-10,14,16H,6,8H2,1-3H3. The molecule has 106 valence electrons.